The normalized spacial score (nSPS) is 18.1. The van der Waals surface area contributed by atoms with Gasteiger partial charge in [0.15, 0.2) is 0 Å². The third kappa shape index (κ3) is 3.62. The molecule has 0 aromatic heterocycles. The van der Waals surface area contributed by atoms with Gasteiger partial charge >= 0.3 is 0 Å². The molecule has 96 valence electrons. The number of aromatic hydroxyl groups is 1. The quantitative estimate of drug-likeness (QED) is 0.876. The summed E-state index contributed by atoms with van der Waals surface area (Å²) in [7, 11) is 0. The monoisotopic (exact) mass is 255 g/mol. The highest BCUT2D eigenvalue weighted by Crippen LogP contribution is 2.29. The van der Waals surface area contributed by atoms with Crippen molar-refractivity contribution in [3.8, 4) is 5.75 Å². The van der Waals surface area contributed by atoms with Crippen molar-refractivity contribution in [1.29, 1.82) is 0 Å². The van der Waals surface area contributed by atoms with Crippen molar-refractivity contribution in [1.82, 2.24) is 4.90 Å². The Balaban J connectivity index is 0.00000144. The molecular weight excluding hydrogens is 234 g/mol. The van der Waals surface area contributed by atoms with E-state index in [-0.39, 0.29) is 12.4 Å². The Bertz CT molecular complexity index is 329. The highest BCUT2D eigenvalue weighted by molar-refractivity contribution is 5.85. The van der Waals surface area contributed by atoms with Gasteiger partial charge in [0, 0.05) is 6.04 Å². The van der Waals surface area contributed by atoms with Crippen LogP contribution in [0.4, 0.5) is 0 Å². The molecule has 17 heavy (non-hydrogen) atoms. The Labute approximate surface area is 110 Å². The standard InChI is InChI=1S/C14H21NO.ClH/c1-11(2)15-9-7-13(8-10-15)12-3-5-14(16)6-4-12;/h3-6,11,13,16H,7-10H2,1-2H3;1H. The summed E-state index contributed by atoms with van der Waals surface area (Å²) >= 11 is 0. The van der Waals surface area contributed by atoms with E-state index in [9.17, 15) is 5.11 Å². The van der Waals surface area contributed by atoms with Crippen LogP contribution < -0.4 is 0 Å². The number of phenolic OH excluding ortho intramolecular Hbond substituents is 1. The fourth-order valence-electron chi connectivity index (χ4n) is 2.50. The van der Waals surface area contributed by atoms with Crippen molar-refractivity contribution in [3.63, 3.8) is 0 Å². The van der Waals surface area contributed by atoms with E-state index in [0.29, 0.717) is 17.7 Å². The summed E-state index contributed by atoms with van der Waals surface area (Å²) in [6, 6.07) is 8.38. The second-order valence-corrected chi connectivity index (χ2v) is 5.00. The molecule has 2 rings (SSSR count). The maximum Gasteiger partial charge on any atom is 0.115 e. The minimum Gasteiger partial charge on any atom is -0.508 e. The van der Waals surface area contributed by atoms with Gasteiger partial charge in [-0.15, -0.1) is 12.4 Å². The van der Waals surface area contributed by atoms with Crippen LogP contribution in [0.3, 0.4) is 0 Å². The lowest BCUT2D eigenvalue weighted by Gasteiger charge is -2.34. The first-order valence-electron chi connectivity index (χ1n) is 6.20. The molecule has 1 aliphatic heterocycles. The van der Waals surface area contributed by atoms with Crippen molar-refractivity contribution in [2.75, 3.05) is 13.1 Å². The van der Waals surface area contributed by atoms with E-state index in [4.69, 9.17) is 0 Å². The summed E-state index contributed by atoms with van der Waals surface area (Å²) in [5.41, 5.74) is 1.38. The van der Waals surface area contributed by atoms with Crippen LogP contribution in [-0.2, 0) is 0 Å². The zero-order chi connectivity index (χ0) is 11.5. The van der Waals surface area contributed by atoms with Gasteiger partial charge in [-0.2, -0.15) is 0 Å². The molecule has 0 radical (unpaired) electrons. The van der Waals surface area contributed by atoms with Gasteiger partial charge in [0.2, 0.25) is 0 Å². The number of piperidine rings is 1. The minimum atomic E-state index is 0. The van der Waals surface area contributed by atoms with Gasteiger partial charge in [0.25, 0.3) is 0 Å². The Morgan fingerprint density at radius 3 is 2.12 bits per heavy atom. The molecule has 0 aliphatic carbocycles. The highest BCUT2D eigenvalue weighted by Gasteiger charge is 2.21. The average Bonchev–Trinajstić information content (AvgIpc) is 2.30. The summed E-state index contributed by atoms with van der Waals surface area (Å²) in [6.45, 7) is 6.92. The van der Waals surface area contributed by atoms with Crippen molar-refractivity contribution in [2.24, 2.45) is 0 Å². The fourth-order valence-corrected chi connectivity index (χ4v) is 2.50. The Morgan fingerprint density at radius 2 is 1.65 bits per heavy atom. The fraction of sp³-hybridized carbons (Fsp3) is 0.571. The van der Waals surface area contributed by atoms with Crippen molar-refractivity contribution >= 4 is 12.4 Å². The lowest BCUT2D eigenvalue weighted by atomic mass is 9.89. The predicted molar refractivity (Wildman–Crippen MR) is 74.0 cm³/mol. The summed E-state index contributed by atoms with van der Waals surface area (Å²) in [6.07, 6.45) is 2.48. The molecule has 1 heterocycles. The zero-order valence-corrected chi connectivity index (χ0v) is 11.4. The predicted octanol–water partition coefficient (Wildman–Crippen LogP) is 3.40. The second-order valence-electron chi connectivity index (χ2n) is 5.00. The SMILES string of the molecule is CC(C)N1CCC(c2ccc(O)cc2)CC1.Cl. The Kier molecular flexibility index (Phi) is 5.29. The summed E-state index contributed by atoms with van der Waals surface area (Å²) in [5, 5.41) is 9.26. The number of phenols is 1. The number of halogens is 1. The smallest absolute Gasteiger partial charge is 0.115 e. The molecule has 0 bridgehead atoms. The summed E-state index contributed by atoms with van der Waals surface area (Å²) in [5.74, 6) is 1.04. The van der Waals surface area contributed by atoms with E-state index < -0.39 is 0 Å². The first-order valence-corrected chi connectivity index (χ1v) is 6.20. The Hall–Kier alpha value is -0.730. The molecule has 1 fully saturated rings. The van der Waals surface area contributed by atoms with Gasteiger partial charge in [-0.25, -0.2) is 0 Å². The number of rotatable bonds is 2. The van der Waals surface area contributed by atoms with Crippen LogP contribution in [-0.4, -0.2) is 29.1 Å². The van der Waals surface area contributed by atoms with Crippen LogP contribution in [0.1, 0.15) is 38.2 Å². The molecule has 0 saturated carbocycles. The third-order valence-electron chi connectivity index (χ3n) is 3.62. The number of benzene rings is 1. The number of hydrogen-bond donors (Lipinski definition) is 1. The molecule has 3 heteroatoms. The molecule has 1 saturated heterocycles. The van der Waals surface area contributed by atoms with Gasteiger partial charge in [-0.1, -0.05) is 12.1 Å². The number of nitrogens with zero attached hydrogens (tertiary/aromatic N) is 1. The molecule has 1 N–H and O–H groups in total. The molecular formula is C14H22ClNO. The lowest BCUT2D eigenvalue weighted by molar-refractivity contribution is 0.172. The van der Waals surface area contributed by atoms with E-state index in [1.54, 1.807) is 12.1 Å². The molecule has 1 aromatic rings. The van der Waals surface area contributed by atoms with Gasteiger partial charge in [0.1, 0.15) is 5.75 Å². The van der Waals surface area contributed by atoms with Gasteiger partial charge in [-0.3, -0.25) is 0 Å². The van der Waals surface area contributed by atoms with E-state index in [1.807, 2.05) is 0 Å². The van der Waals surface area contributed by atoms with E-state index >= 15 is 0 Å². The van der Waals surface area contributed by atoms with Crippen LogP contribution in [0.15, 0.2) is 24.3 Å². The largest absolute Gasteiger partial charge is 0.508 e. The van der Waals surface area contributed by atoms with E-state index in [0.717, 1.165) is 0 Å². The first-order chi connectivity index (χ1) is 7.66. The molecule has 2 nitrogen and oxygen atoms in total. The zero-order valence-electron chi connectivity index (χ0n) is 10.6. The van der Waals surface area contributed by atoms with Crippen LogP contribution in [0.5, 0.6) is 5.75 Å². The molecule has 1 aromatic carbocycles. The van der Waals surface area contributed by atoms with Crippen LogP contribution >= 0.6 is 12.4 Å². The van der Waals surface area contributed by atoms with Crippen molar-refractivity contribution in [3.05, 3.63) is 29.8 Å². The molecule has 0 amide bonds. The van der Waals surface area contributed by atoms with Crippen LogP contribution in [0.2, 0.25) is 0 Å². The van der Waals surface area contributed by atoms with Gasteiger partial charge in [-0.05, 0) is 63.4 Å². The van der Waals surface area contributed by atoms with Crippen LogP contribution in [0, 0.1) is 0 Å². The van der Waals surface area contributed by atoms with E-state index in [2.05, 4.69) is 30.9 Å². The Morgan fingerprint density at radius 1 is 1.12 bits per heavy atom. The first kappa shape index (κ1) is 14.3. The maximum absolute atomic E-state index is 9.26. The molecule has 1 aliphatic rings. The molecule has 0 spiro atoms. The highest BCUT2D eigenvalue weighted by atomic mass is 35.5. The van der Waals surface area contributed by atoms with Gasteiger partial charge in [0.05, 0.1) is 0 Å². The molecule has 0 unspecified atom stereocenters. The number of hydrogen-bond acceptors (Lipinski definition) is 2. The summed E-state index contributed by atoms with van der Waals surface area (Å²) in [4.78, 5) is 2.54. The van der Waals surface area contributed by atoms with E-state index in [1.165, 1.54) is 31.5 Å². The second kappa shape index (κ2) is 6.27. The lowest BCUT2D eigenvalue weighted by Crippen LogP contribution is -2.37. The van der Waals surface area contributed by atoms with Crippen molar-refractivity contribution in [2.45, 2.75) is 38.6 Å². The summed E-state index contributed by atoms with van der Waals surface area (Å²) < 4.78 is 0. The maximum atomic E-state index is 9.26. The van der Waals surface area contributed by atoms with Crippen LogP contribution in [0.25, 0.3) is 0 Å². The third-order valence-corrected chi connectivity index (χ3v) is 3.62. The van der Waals surface area contributed by atoms with Crippen molar-refractivity contribution < 1.29 is 5.11 Å². The van der Waals surface area contributed by atoms with Gasteiger partial charge < -0.3 is 10.0 Å². The molecule has 0 atom stereocenters. The average molecular weight is 256 g/mol. The topological polar surface area (TPSA) is 23.5 Å². The minimum absolute atomic E-state index is 0. The number of likely N-dealkylation sites (tertiary alicyclic amines) is 1.